The van der Waals surface area contributed by atoms with E-state index in [0.717, 1.165) is 15.6 Å². The molecule has 10 heteroatoms. The molecule has 1 unspecified atom stereocenters. The summed E-state index contributed by atoms with van der Waals surface area (Å²) in [6, 6.07) is 1.02. The molecule has 2 rings (SSSR count). The van der Waals surface area contributed by atoms with E-state index >= 15 is 0 Å². The van der Waals surface area contributed by atoms with Crippen LogP contribution in [0.15, 0.2) is 20.1 Å². The number of sulfonamides is 1. The molecular formula is C10H14BrNO5S3. The van der Waals surface area contributed by atoms with E-state index in [9.17, 15) is 16.8 Å². The van der Waals surface area contributed by atoms with E-state index in [1.807, 2.05) is 0 Å². The predicted octanol–water partition coefficient (Wildman–Crippen LogP) is 0.681. The van der Waals surface area contributed by atoms with Crippen LogP contribution >= 0.6 is 27.3 Å². The van der Waals surface area contributed by atoms with Crippen LogP contribution < -0.4 is 0 Å². The fourth-order valence-electron chi connectivity index (χ4n) is 2.17. The van der Waals surface area contributed by atoms with E-state index in [-0.39, 0.29) is 35.3 Å². The van der Waals surface area contributed by atoms with Gasteiger partial charge >= 0.3 is 0 Å². The minimum Gasteiger partial charge on any atom is -0.395 e. The van der Waals surface area contributed by atoms with Gasteiger partial charge in [-0.05, 0) is 33.8 Å². The number of hydrogen-bond donors (Lipinski definition) is 1. The first-order chi connectivity index (χ1) is 9.28. The molecule has 1 aliphatic heterocycles. The van der Waals surface area contributed by atoms with Crippen molar-refractivity contribution in [2.45, 2.75) is 16.7 Å². The summed E-state index contributed by atoms with van der Waals surface area (Å²) in [7, 11) is -7.00. The highest BCUT2D eigenvalue weighted by molar-refractivity contribution is 9.10. The van der Waals surface area contributed by atoms with E-state index < -0.39 is 25.9 Å². The first-order valence-electron chi connectivity index (χ1n) is 5.84. The highest BCUT2D eigenvalue weighted by Gasteiger charge is 2.39. The van der Waals surface area contributed by atoms with Crippen molar-refractivity contribution in [1.29, 1.82) is 0 Å². The third-order valence-electron chi connectivity index (χ3n) is 3.06. The Labute approximate surface area is 130 Å². The van der Waals surface area contributed by atoms with Crippen LogP contribution in [0.2, 0.25) is 0 Å². The Bertz CT molecular complexity index is 682. The fraction of sp³-hybridized carbons (Fsp3) is 0.600. The lowest BCUT2D eigenvalue weighted by Crippen LogP contribution is -2.42. The van der Waals surface area contributed by atoms with Gasteiger partial charge in [0.2, 0.25) is 0 Å². The summed E-state index contributed by atoms with van der Waals surface area (Å²) >= 11 is 4.24. The monoisotopic (exact) mass is 403 g/mol. The van der Waals surface area contributed by atoms with Gasteiger partial charge in [0.15, 0.2) is 9.84 Å². The second-order valence-corrected chi connectivity index (χ2v) is 10.5. The summed E-state index contributed by atoms with van der Waals surface area (Å²) in [6.07, 6.45) is 0.268. The lowest BCUT2D eigenvalue weighted by Gasteiger charge is -2.26. The molecule has 6 nitrogen and oxygen atoms in total. The number of nitrogens with zero attached hydrogens (tertiary/aromatic N) is 1. The molecule has 1 atom stereocenters. The van der Waals surface area contributed by atoms with Crippen molar-refractivity contribution in [2.75, 3.05) is 24.7 Å². The van der Waals surface area contributed by atoms with Crippen molar-refractivity contribution < 1.29 is 21.9 Å². The molecule has 0 aliphatic carbocycles. The average molecular weight is 404 g/mol. The summed E-state index contributed by atoms with van der Waals surface area (Å²) in [4.78, 5) is 0. The third-order valence-corrected chi connectivity index (χ3v) is 9.41. The molecule has 2 heterocycles. The maximum absolute atomic E-state index is 12.6. The van der Waals surface area contributed by atoms with Gasteiger partial charge in [0.1, 0.15) is 4.21 Å². The minimum absolute atomic E-state index is 0.0132. The van der Waals surface area contributed by atoms with Crippen LogP contribution in [-0.4, -0.2) is 56.9 Å². The molecule has 0 bridgehead atoms. The molecule has 0 saturated carbocycles. The van der Waals surface area contributed by atoms with Crippen LogP contribution in [0.4, 0.5) is 0 Å². The Morgan fingerprint density at radius 2 is 2.20 bits per heavy atom. The Hall–Kier alpha value is -0.000000000000000111. The maximum atomic E-state index is 12.6. The van der Waals surface area contributed by atoms with Crippen LogP contribution in [0.1, 0.15) is 6.42 Å². The zero-order valence-corrected chi connectivity index (χ0v) is 14.4. The average Bonchev–Trinajstić information content (AvgIpc) is 2.92. The SMILES string of the molecule is O=S1(=O)CCC(N(CCO)S(=O)(=O)c2sccc2Br)C1. The molecule has 1 aromatic rings. The van der Waals surface area contributed by atoms with Gasteiger partial charge in [0, 0.05) is 17.1 Å². The molecule has 0 aromatic carbocycles. The molecule has 1 fully saturated rings. The Morgan fingerprint density at radius 1 is 1.50 bits per heavy atom. The fourth-order valence-corrected chi connectivity index (χ4v) is 8.07. The number of halogens is 1. The molecule has 0 amide bonds. The van der Waals surface area contributed by atoms with Gasteiger partial charge in [0.05, 0.1) is 18.1 Å². The second-order valence-electron chi connectivity index (χ2n) is 4.45. The standard InChI is InChI=1S/C10H14BrNO5S3/c11-9-1-5-18-10(9)20(16,17)12(3-4-13)8-2-6-19(14,15)7-8/h1,5,8,13H,2-4,6-7H2. The number of aliphatic hydroxyl groups is 1. The Balaban J connectivity index is 2.36. The Kier molecular flexibility index (Phi) is 4.92. The Morgan fingerprint density at radius 3 is 2.65 bits per heavy atom. The molecule has 20 heavy (non-hydrogen) atoms. The van der Waals surface area contributed by atoms with Crippen molar-refractivity contribution in [2.24, 2.45) is 0 Å². The quantitative estimate of drug-likeness (QED) is 0.780. The lowest BCUT2D eigenvalue weighted by atomic mass is 10.3. The normalized spacial score (nSPS) is 22.4. The highest BCUT2D eigenvalue weighted by atomic mass is 79.9. The van der Waals surface area contributed by atoms with Gasteiger partial charge in [-0.1, -0.05) is 0 Å². The van der Waals surface area contributed by atoms with Gasteiger partial charge < -0.3 is 5.11 Å². The molecule has 1 aromatic heterocycles. The van der Waals surface area contributed by atoms with Gasteiger partial charge in [-0.2, -0.15) is 4.31 Å². The van der Waals surface area contributed by atoms with Crippen LogP contribution in [0.25, 0.3) is 0 Å². The first kappa shape index (κ1) is 16.4. The lowest BCUT2D eigenvalue weighted by molar-refractivity contribution is 0.233. The molecule has 1 N–H and O–H groups in total. The van der Waals surface area contributed by atoms with E-state index in [2.05, 4.69) is 15.9 Å². The zero-order chi connectivity index (χ0) is 15.0. The van der Waals surface area contributed by atoms with E-state index in [1.54, 1.807) is 11.4 Å². The molecule has 114 valence electrons. The summed E-state index contributed by atoms with van der Waals surface area (Å²) in [5, 5.41) is 10.7. The van der Waals surface area contributed by atoms with E-state index in [1.165, 1.54) is 0 Å². The summed E-state index contributed by atoms with van der Waals surface area (Å²) in [5.41, 5.74) is 0. The van der Waals surface area contributed by atoms with Crippen molar-refractivity contribution in [3.63, 3.8) is 0 Å². The number of hydrogen-bond acceptors (Lipinski definition) is 6. The molecule has 0 spiro atoms. The molecular weight excluding hydrogens is 390 g/mol. The van der Waals surface area contributed by atoms with Crippen LogP contribution in [0, 0.1) is 0 Å². The minimum atomic E-state index is -3.80. The number of sulfone groups is 1. The summed E-state index contributed by atoms with van der Waals surface area (Å²) in [5.74, 6) is -0.198. The molecule has 1 saturated heterocycles. The third kappa shape index (κ3) is 3.25. The number of rotatable bonds is 5. The highest BCUT2D eigenvalue weighted by Crippen LogP contribution is 2.32. The topological polar surface area (TPSA) is 91.8 Å². The predicted molar refractivity (Wildman–Crippen MR) is 80.1 cm³/mol. The molecule has 1 aliphatic rings. The van der Waals surface area contributed by atoms with Crippen molar-refractivity contribution in [1.82, 2.24) is 4.31 Å². The van der Waals surface area contributed by atoms with Crippen molar-refractivity contribution in [3.05, 3.63) is 15.9 Å². The van der Waals surface area contributed by atoms with Crippen LogP contribution in [0.5, 0.6) is 0 Å². The van der Waals surface area contributed by atoms with Crippen LogP contribution in [-0.2, 0) is 19.9 Å². The van der Waals surface area contributed by atoms with Gasteiger partial charge in [-0.25, -0.2) is 16.8 Å². The first-order valence-corrected chi connectivity index (χ1v) is 10.8. The van der Waals surface area contributed by atoms with Gasteiger partial charge in [-0.15, -0.1) is 11.3 Å². The molecule has 0 radical (unpaired) electrons. The van der Waals surface area contributed by atoms with Crippen molar-refractivity contribution >= 4 is 47.1 Å². The number of aliphatic hydroxyl groups excluding tert-OH is 1. The zero-order valence-electron chi connectivity index (χ0n) is 10.4. The van der Waals surface area contributed by atoms with Crippen LogP contribution in [0.3, 0.4) is 0 Å². The summed E-state index contributed by atoms with van der Waals surface area (Å²) in [6.45, 7) is -0.453. The van der Waals surface area contributed by atoms with Gasteiger partial charge in [-0.3, -0.25) is 0 Å². The van der Waals surface area contributed by atoms with Crippen molar-refractivity contribution in [3.8, 4) is 0 Å². The van der Waals surface area contributed by atoms with E-state index in [0.29, 0.717) is 4.47 Å². The largest absolute Gasteiger partial charge is 0.395 e. The smallest absolute Gasteiger partial charge is 0.254 e. The second kappa shape index (κ2) is 6.01. The van der Waals surface area contributed by atoms with E-state index in [4.69, 9.17) is 5.11 Å². The van der Waals surface area contributed by atoms with Gasteiger partial charge in [0.25, 0.3) is 10.0 Å². The summed E-state index contributed by atoms with van der Waals surface area (Å²) < 4.78 is 50.0. The maximum Gasteiger partial charge on any atom is 0.254 e. The number of thiophene rings is 1.